The van der Waals surface area contributed by atoms with Gasteiger partial charge < -0.3 is 15.1 Å². The first-order valence-corrected chi connectivity index (χ1v) is 9.37. The van der Waals surface area contributed by atoms with Gasteiger partial charge in [-0.3, -0.25) is 4.79 Å². The zero-order chi connectivity index (χ0) is 16.4. The lowest BCUT2D eigenvalue weighted by Crippen LogP contribution is -3.27. The second-order valence-corrected chi connectivity index (χ2v) is 8.20. The fourth-order valence-electron chi connectivity index (χ4n) is 3.56. The van der Waals surface area contributed by atoms with E-state index in [1.165, 1.54) is 15.3 Å². The van der Waals surface area contributed by atoms with Gasteiger partial charge in [-0.1, -0.05) is 6.92 Å². The Morgan fingerprint density at radius 2 is 2.13 bits per heavy atom. The Bertz CT molecular complexity index is 625. The van der Waals surface area contributed by atoms with Crippen molar-refractivity contribution >= 4 is 22.2 Å². The van der Waals surface area contributed by atoms with Crippen LogP contribution in [0.1, 0.15) is 29.3 Å². The van der Waals surface area contributed by atoms with Crippen molar-refractivity contribution in [1.82, 2.24) is 0 Å². The Morgan fingerprint density at radius 1 is 1.39 bits per heavy atom. The molecule has 1 saturated heterocycles. The maximum atomic E-state index is 12.4. The first-order chi connectivity index (χ1) is 11.1. The van der Waals surface area contributed by atoms with Gasteiger partial charge in [0.1, 0.15) is 37.2 Å². The predicted molar refractivity (Wildman–Crippen MR) is 91.0 cm³/mol. The van der Waals surface area contributed by atoms with E-state index in [1.807, 2.05) is 0 Å². The van der Waals surface area contributed by atoms with Crippen LogP contribution < -0.4 is 15.1 Å². The Morgan fingerprint density at radius 3 is 2.83 bits per heavy atom. The SMILES string of the molecule is C[C@H]1CCc2c(sc(NC(=O)C[NH+]3CC[NH+](C)CC3)c2C#N)C1. The van der Waals surface area contributed by atoms with Gasteiger partial charge in [0, 0.05) is 4.88 Å². The van der Waals surface area contributed by atoms with Crippen molar-refractivity contribution < 1.29 is 14.6 Å². The first-order valence-electron chi connectivity index (χ1n) is 8.56. The average Bonchev–Trinajstić information content (AvgIpc) is 2.85. The van der Waals surface area contributed by atoms with E-state index in [2.05, 4.69) is 25.4 Å². The standard InChI is InChI=1S/C17H24N4OS/c1-12-3-4-13-14(10-18)17(23-15(13)9-12)19-16(22)11-21-7-5-20(2)6-8-21/h12H,3-9,11H2,1-2H3,(H,19,22)/p+2/t12-/m0/s1. The van der Waals surface area contributed by atoms with E-state index in [0.717, 1.165) is 50.4 Å². The molecule has 1 aliphatic carbocycles. The minimum absolute atomic E-state index is 0.0442. The number of nitrogens with one attached hydrogen (secondary N) is 3. The summed E-state index contributed by atoms with van der Waals surface area (Å²) in [6.45, 7) is 7.10. The molecule has 0 aromatic carbocycles. The van der Waals surface area contributed by atoms with Crippen LogP contribution in [-0.4, -0.2) is 45.7 Å². The van der Waals surface area contributed by atoms with Crippen molar-refractivity contribution in [3.8, 4) is 6.07 Å². The molecular weight excluding hydrogens is 308 g/mol. The summed E-state index contributed by atoms with van der Waals surface area (Å²) in [6.07, 6.45) is 3.15. The van der Waals surface area contributed by atoms with E-state index in [9.17, 15) is 10.1 Å². The molecule has 3 rings (SSSR count). The molecule has 1 aliphatic heterocycles. The van der Waals surface area contributed by atoms with E-state index < -0.39 is 0 Å². The number of likely N-dealkylation sites (N-methyl/N-ethyl adjacent to an activating group) is 1. The highest BCUT2D eigenvalue weighted by Gasteiger charge is 2.26. The number of nitriles is 1. The maximum Gasteiger partial charge on any atom is 0.280 e. The molecule has 1 atom stereocenters. The zero-order valence-electron chi connectivity index (χ0n) is 14.0. The molecule has 0 radical (unpaired) electrons. The quantitative estimate of drug-likeness (QED) is 0.671. The molecule has 2 heterocycles. The van der Waals surface area contributed by atoms with Crippen LogP contribution in [0.4, 0.5) is 5.00 Å². The molecule has 0 saturated carbocycles. The largest absolute Gasteiger partial charge is 0.328 e. The van der Waals surface area contributed by atoms with Crippen molar-refractivity contribution in [2.24, 2.45) is 5.92 Å². The molecule has 0 bridgehead atoms. The fourth-order valence-corrected chi connectivity index (χ4v) is 4.94. The molecule has 1 aromatic rings. The Balaban J connectivity index is 1.66. The number of nitrogens with zero attached hydrogens (tertiary/aromatic N) is 1. The average molecular weight is 334 g/mol. The van der Waals surface area contributed by atoms with Crippen molar-refractivity contribution in [1.29, 1.82) is 5.26 Å². The molecule has 5 nitrogen and oxygen atoms in total. The number of amides is 1. The number of piperazine rings is 1. The van der Waals surface area contributed by atoms with E-state index >= 15 is 0 Å². The Kier molecular flexibility index (Phi) is 5.00. The molecule has 3 N–H and O–H groups in total. The molecule has 1 amide bonds. The number of anilines is 1. The van der Waals surface area contributed by atoms with Crippen LogP contribution in [0.15, 0.2) is 0 Å². The van der Waals surface area contributed by atoms with Gasteiger partial charge in [0.25, 0.3) is 5.91 Å². The topological polar surface area (TPSA) is 61.8 Å². The van der Waals surface area contributed by atoms with Gasteiger partial charge in [0.2, 0.25) is 0 Å². The van der Waals surface area contributed by atoms with E-state index in [1.54, 1.807) is 16.2 Å². The number of hydrogen-bond donors (Lipinski definition) is 3. The van der Waals surface area contributed by atoms with Gasteiger partial charge in [-0.15, -0.1) is 11.3 Å². The van der Waals surface area contributed by atoms with Crippen LogP contribution in [-0.2, 0) is 17.6 Å². The molecule has 23 heavy (non-hydrogen) atoms. The van der Waals surface area contributed by atoms with Crippen LogP contribution in [0, 0.1) is 17.2 Å². The highest BCUT2D eigenvalue weighted by atomic mass is 32.1. The Labute approximate surface area is 141 Å². The number of fused-ring (bicyclic) bond motifs is 1. The van der Waals surface area contributed by atoms with Crippen molar-refractivity contribution in [3.05, 3.63) is 16.0 Å². The van der Waals surface area contributed by atoms with Gasteiger partial charge in [0.05, 0.1) is 12.6 Å². The summed E-state index contributed by atoms with van der Waals surface area (Å²) in [6, 6.07) is 2.32. The number of rotatable bonds is 3. The highest BCUT2D eigenvalue weighted by Crippen LogP contribution is 2.39. The molecule has 0 spiro atoms. The normalized spacial score (nSPS) is 27.1. The Hall–Kier alpha value is -1.42. The predicted octanol–water partition coefficient (Wildman–Crippen LogP) is -0.904. The number of carbonyl (C=O) groups excluding carboxylic acids is 1. The summed E-state index contributed by atoms with van der Waals surface area (Å²) in [4.78, 5) is 16.6. The second kappa shape index (κ2) is 7.00. The number of carbonyl (C=O) groups is 1. The first kappa shape index (κ1) is 16.4. The molecular formula is C17H26N4OS+2. The fraction of sp³-hybridized carbons (Fsp3) is 0.647. The van der Waals surface area contributed by atoms with Gasteiger partial charge in [0.15, 0.2) is 6.54 Å². The van der Waals surface area contributed by atoms with Gasteiger partial charge in [-0.25, -0.2) is 0 Å². The van der Waals surface area contributed by atoms with Gasteiger partial charge >= 0.3 is 0 Å². The zero-order valence-corrected chi connectivity index (χ0v) is 14.8. The summed E-state index contributed by atoms with van der Waals surface area (Å²) in [5.74, 6) is 0.719. The van der Waals surface area contributed by atoms with Crippen LogP contribution in [0.25, 0.3) is 0 Å². The number of hydrogen-bond acceptors (Lipinski definition) is 3. The smallest absolute Gasteiger partial charge is 0.280 e. The lowest BCUT2D eigenvalue weighted by Gasteiger charge is -2.26. The molecule has 0 unspecified atom stereocenters. The van der Waals surface area contributed by atoms with E-state index in [4.69, 9.17) is 0 Å². The summed E-state index contributed by atoms with van der Waals surface area (Å²) in [5.41, 5.74) is 1.89. The molecule has 6 heteroatoms. The molecule has 2 aliphatic rings. The number of quaternary nitrogens is 2. The van der Waals surface area contributed by atoms with Crippen molar-refractivity contribution in [3.63, 3.8) is 0 Å². The molecule has 1 fully saturated rings. The van der Waals surface area contributed by atoms with Crippen LogP contribution in [0.2, 0.25) is 0 Å². The summed E-state index contributed by atoms with van der Waals surface area (Å²) in [5, 5.41) is 13.3. The summed E-state index contributed by atoms with van der Waals surface area (Å²) >= 11 is 1.61. The third-order valence-electron chi connectivity index (χ3n) is 5.10. The number of thiophene rings is 1. The molecule has 124 valence electrons. The van der Waals surface area contributed by atoms with Crippen LogP contribution in [0.5, 0.6) is 0 Å². The monoisotopic (exact) mass is 334 g/mol. The van der Waals surface area contributed by atoms with E-state index in [0.29, 0.717) is 18.0 Å². The second-order valence-electron chi connectivity index (χ2n) is 7.10. The van der Waals surface area contributed by atoms with Crippen molar-refractivity contribution in [2.45, 2.75) is 26.2 Å². The lowest BCUT2D eigenvalue weighted by molar-refractivity contribution is -0.999. The third-order valence-corrected chi connectivity index (χ3v) is 6.27. The van der Waals surface area contributed by atoms with Crippen molar-refractivity contribution in [2.75, 3.05) is 45.1 Å². The minimum atomic E-state index is 0.0442. The van der Waals surface area contributed by atoms with Crippen LogP contribution in [0.3, 0.4) is 0 Å². The third kappa shape index (κ3) is 3.74. The summed E-state index contributed by atoms with van der Waals surface area (Å²) in [7, 11) is 2.20. The summed E-state index contributed by atoms with van der Waals surface area (Å²) < 4.78 is 0. The molecule has 1 aromatic heterocycles. The lowest BCUT2D eigenvalue weighted by atomic mass is 9.89. The van der Waals surface area contributed by atoms with Gasteiger partial charge in [-0.2, -0.15) is 5.26 Å². The maximum absolute atomic E-state index is 12.4. The van der Waals surface area contributed by atoms with Gasteiger partial charge in [-0.05, 0) is 30.7 Å². The van der Waals surface area contributed by atoms with E-state index in [-0.39, 0.29) is 5.91 Å². The highest BCUT2D eigenvalue weighted by molar-refractivity contribution is 7.16. The van der Waals surface area contributed by atoms with Crippen LogP contribution >= 0.6 is 11.3 Å². The minimum Gasteiger partial charge on any atom is -0.328 e.